The number of nitrogens with one attached hydrogen (secondary N) is 3. The minimum Gasteiger partial charge on any atom is -0.338 e. The Hall–Kier alpha value is -3.85. The molecule has 1 aliphatic rings. The first-order chi connectivity index (χ1) is 17.6. The number of anilines is 2. The van der Waals surface area contributed by atoms with Gasteiger partial charge in [0.05, 0.1) is 11.6 Å². The number of carbonyl (C=O) groups is 1. The number of carbonyl (C=O) groups excluding carboxylic acids is 1. The first-order valence-electron chi connectivity index (χ1n) is 11.8. The van der Waals surface area contributed by atoms with Gasteiger partial charge >= 0.3 is 6.18 Å². The number of amides is 1. The number of halogens is 3. The number of aromatic nitrogens is 3. The van der Waals surface area contributed by atoms with E-state index in [2.05, 4.69) is 20.7 Å². The molecule has 1 saturated carbocycles. The zero-order valence-corrected chi connectivity index (χ0v) is 20.9. The highest BCUT2D eigenvalue weighted by molar-refractivity contribution is 5.96. The molecule has 0 radical (unpaired) electrons. The molecule has 0 spiro atoms. The molecule has 198 valence electrons. The summed E-state index contributed by atoms with van der Waals surface area (Å²) >= 11 is 0. The van der Waals surface area contributed by atoms with Gasteiger partial charge in [0.2, 0.25) is 0 Å². The van der Waals surface area contributed by atoms with Crippen LogP contribution in [0.25, 0.3) is 10.9 Å². The van der Waals surface area contributed by atoms with Gasteiger partial charge in [0.25, 0.3) is 11.5 Å². The Bertz CT molecular complexity index is 1340. The van der Waals surface area contributed by atoms with Crippen LogP contribution in [0.3, 0.4) is 0 Å². The number of aromatic amines is 1. The highest BCUT2D eigenvalue weighted by atomic mass is 19.4. The standard InChI is InChI=1S/C23H27F3N6O2.C2H3N/c1-14-11-16(5-6-17(14)22(34)31(10-9-27-2)13-23(24,25)26)29-20-19-18(7-8-28-21(19)33)32(30-20)12-15-3-4-15;1-2-3/h5-8,11,15,27H,3-4,9-10,12-13H2,1-2H3,(H,28,33)(H,29,30);1H3. The van der Waals surface area contributed by atoms with Crippen molar-refractivity contribution in [1.29, 1.82) is 5.26 Å². The van der Waals surface area contributed by atoms with E-state index in [1.54, 1.807) is 38.4 Å². The first-order valence-corrected chi connectivity index (χ1v) is 11.8. The largest absolute Gasteiger partial charge is 0.406 e. The number of hydrogen-bond acceptors (Lipinski definition) is 6. The van der Waals surface area contributed by atoms with Crippen LogP contribution in [0, 0.1) is 24.2 Å². The van der Waals surface area contributed by atoms with Gasteiger partial charge in [-0.05, 0) is 62.6 Å². The van der Waals surface area contributed by atoms with Crippen molar-refractivity contribution in [3.8, 4) is 6.07 Å². The van der Waals surface area contributed by atoms with E-state index in [0.717, 1.165) is 29.8 Å². The van der Waals surface area contributed by atoms with Gasteiger partial charge in [-0.15, -0.1) is 0 Å². The van der Waals surface area contributed by atoms with E-state index >= 15 is 0 Å². The molecular weight excluding hydrogens is 487 g/mol. The molecule has 12 heteroatoms. The Labute approximate surface area is 212 Å². The second kappa shape index (κ2) is 11.9. The van der Waals surface area contributed by atoms with E-state index < -0.39 is 18.6 Å². The van der Waals surface area contributed by atoms with Crippen LogP contribution in [0.4, 0.5) is 24.7 Å². The molecule has 1 fully saturated rings. The predicted molar refractivity (Wildman–Crippen MR) is 135 cm³/mol. The normalized spacial score (nSPS) is 13.0. The van der Waals surface area contributed by atoms with Crippen LogP contribution in [-0.4, -0.2) is 58.4 Å². The number of likely N-dealkylation sites (N-methyl/N-ethyl adjacent to an activating group) is 1. The summed E-state index contributed by atoms with van der Waals surface area (Å²) in [6.45, 7) is 2.68. The van der Waals surface area contributed by atoms with Crippen molar-refractivity contribution in [3.63, 3.8) is 0 Å². The summed E-state index contributed by atoms with van der Waals surface area (Å²) in [5, 5.41) is 18.3. The van der Waals surface area contributed by atoms with E-state index in [9.17, 15) is 22.8 Å². The topological polar surface area (TPSA) is 119 Å². The van der Waals surface area contributed by atoms with Gasteiger partial charge in [-0.25, -0.2) is 0 Å². The molecule has 0 bridgehead atoms. The van der Waals surface area contributed by atoms with E-state index in [4.69, 9.17) is 5.26 Å². The number of H-pyrrole nitrogens is 1. The Kier molecular flexibility index (Phi) is 8.94. The summed E-state index contributed by atoms with van der Waals surface area (Å²) in [6, 6.07) is 8.33. The maximum Gasteiger partial charge on any atom is 0.406 e. The fourth-order valence-corrected chi connectivity index (χ4v) is 3.91. The van der Waals surface area contributed by atoms with Gasteiger partial charge < -0.3 is 20.5 Å². The third-order valence-corrected chi connectivity index (χ3v) is 5.81. The molecule has 2 heterocycles. The van der Waals surface area contributed by atoms with Crippen molar-refractivity contribution in [1.82, 2.24) is 25.0 Å². The Morgan fingerprint density at radius 2 is 2.03 bits per heavy atom. The average Bonchev–Trinajstić information content (AvgIpc) is 3.57. The molecule has 1 aliphatic carbocycles. The molecule has 2 aromatic heterocycles. The van der Waals surface area contributed by atoms with Crippen LogP contribution in [-0.2, 0) is 6.54 Å². The van der Waals surface area contributed by atoms with Crippen LogP contribution in [0.5, 0.6) is 0 Å². The summed E-state index contributed by atoms with van der Waals surface area (Å²) in [6.07, 6.45) is -0.625. The zero-order chi connectivity index (χ0) is 27.2. The number of aryl methyl sites for hydroxylation is 1. The summed E-state index contributed by atoms with van der Waals surface area (Å²) in [7, 11) is 1.61. The third-order valence-electron chi connectivity index (χ3n) is 5.81. The molecule has 4 rings (SSSR count). The molecule has 3 aromatic rings. The smallest absolute Gasteiger partial charge is 0.338 e. The molecule has 0 aliphatic heterocycles. The van der Waals surface area contributed by atoms with E-state index in [1.165, 1.54) is 13.0 Å². The minimum atomic E-state index is -4.49. The number of rotatable bonds is 9. The number of benzene rings is 1. The number of alkyl halides is 3. The van der Waals surface area contributed by atoms with Crippen molar-refractivity contribution in [2.45, 2.75) is 39.4 Å². The lowest BCUT2D eigenvalue weighted by Crippen LogP contribution is -2.42. The number of fused-ring (bicyclic) bond motifs is 1. The highest BCUT2D eigenvalue weighted by Crippen LogP contribution is 2.33. The predicted octanol–water partition coefficient (Wildman–Crippen LogP) is 3.94. The summed E-state index contributed by atoms with van der Waals surface area (Å²) in [5.41, 5.74) is 1.75. The molecule has 0 unspecified atom stereocenters. The van der Waals surface area contributed by atoms with Crippen LogP contribution in [0.2, 0.25) is 0 Å². The maximum atomic E-state index is 13.0. The second-order valence-corrected chi connectivity index (χ2v) is 8.86. The number of pyridine rings is 1. The Morgan fingerprint density at radius 3 is 2.62 bits per heavy atom. The van der Waals surface area contributed by atoms with Crippen LogP contribution >= 0.6 is 0 Å². The minimum absolute atomic E-state index is 0.0680. The maximum absolute atomic E-state index is 13.0. The molecule has 37 heavy (non-hydrogen) atoms. The fraction of sp³-hybridized carbons (Fsp3) is 0.440. The Balaban J connectivity index is 0.00000121. The van der Waals surface area contributed by atoms with Gasteiger partial charge in [0.1, 0.15) is 11.9 Å². The first kappa shape index (κ1) is 27.7. The average molecular weight is 518 g/mol. The van der Waals surface area contributed by atoms with Crippen LogP contribution in [0.1, 0.15) is 35.7 Å². The third kappa shape index (κ3) is 7.33. The van der Waals surface area contributed by atoms with Crippen molar-refractivity contribution in [3.05, 3.63) is 51.9 Å². The highest BCUT2D eigenvalue weighted by Gasteiger charge is 2.33. The van der Waals surface area contributed by atoms with Gasteiger partial charge in [0, 0.05) is 44.0 Å². The van der Waals surface area contributed by atoms with Gasteiger partial charge in [-0.3, -0.25) is 14.3 Å². The van der Waals surface area contributed by atoms with Crippen molar-refractivity contribution >= 4 is 28.3 Å². The Morgan fingerprint density at radius 1 is 1.32 bits per heavy atom. The summed E-state index contributed by atoms with van der Waals surface area (Å²) < 4.78 is 40.8. The van der Waals surface area contributed by atoms with Crippen LogP contribution < -0.4 is 16.2 Å². The molecule has 1 aromatic carbocycles. The van der Waals surface area contributed by atoms with Crippen molar-refractivity contribution < 1.29 is 18.0 Å². The lowest BCUT2D eigenvalue weighted by atomic mass is 10.1. The number of hydrogen-bond donors (Lipinski definition) is 3. The summed E-state index contributed by atoms with van der Waals surface area (Å²) in [4.78, 5) is 28.8. The molecule has 9 nitrogen and oxygen atoms in total. The molecule has 3 N–H and O–H groups in total. The van der Waals surface area contributed by atoms with Crippen LogP contribution in [0.15, 0.2) is 35.3 Å². The SMILES string of the molecule is CC#N.CNCCN(CC(F)(F)F)C(=O)c1ccc(Nc2nn(CC3CC3)c3cc[nH]c(=O)c23)cc1C. The van der Waals surface area contributed by atoms with E-state index in [-0.39, 0.29) is 24.2 Å². The van der Waals surface area contributed by atoms with E-state index in [1.807, 2.05) is 10.7 Å². The summed E-state index contributed by atoms with van der Waals surface area (Å²) in [5.74, 6) is 0.265. The van der Waals surface area contributed by atoms with Crippen molar-refractivity contribution in [2.75, 3.05) is 32.0 Å². The van der Waals surface area contributed by atoms with Crippen molar-refractivity contribution in [2.24, 2.45) is 5.92 Å². The molecule has 1 amide bonds. The fourth-order valence-electron chi connectivity index (χ4n) is 3.91. The number of nitrogens with zero attached hydrogens (tertiary/aromatic N) is 4. The van der Waals surface area contributed by atoms with Gasteiger partial charge in [-0.1, -0.05) is 0 Å². The molecule has 0 saturated heterocycles. The second-order valence-electron chi connectivity index (χ2n) is 8.86. The molecule has 0 atom stereocenters. The van der Waals surface area contributed by atoms with E-state index in [0.29, 0.717) is 28.4 Å². The molecular formula is C25H30F3N7O2. The lowest BCUT2D eigenvalue weighted by Gasteiger charge is -2.24. The van der Waals surface area contributed by atoms with Gasteiger partial charge in [-0.2, -0.15) is 23.5 Å². The monoisotopic (exact) mass is 517 g/mol. The zero-order valence-electron chi connectivity index (χ0n) is 20.9. The lowest BCUT2D eigenvalue weighted by molar-refractivity contribution is -0.140. The van der Waals surface area contributed by atoms with Gasteiger partial charge in [0.15, 0.2) is 5.82 Å². The quantitative estimate of drug-likeness (QED) is 0.396. The number of nitriles is 1.